The van der Waals surface area contributed by atoms with E-state index in [4.69, 9.17) is 9.47 Å². The number of ether oxygens (including phenoxy) is 2. The van der Waals surface area contributed by atoms with Gasteiger partial charge in [0.2, 0.25) is 0 Å². The molecule has 8 heteroatoms. The SMILES string of the molecule is COc1ccc(C(=O)OCC(=O)Nc2c(C)nn(-c3ccc(C)cc3)c2C)cc1F. The maximum atomic E-state index is 13.7. The van der Waals surface area contributed by atoms with Crippen LogP contribution in [0.3, 0.4) is 0 Å². The topological polar surface area (TPSA) is 82.4 Å². The van der Waals surface area contributed by atoms with Gasteiger partial charge in [-0.25, -0.2) is 13.9 Å². The Balaban J connectivity index is 1.66. The second-order valence-electron chi connectivity index (χ2n) is 6.77. The van der Waals surface area contributed by atoms with Crippen LogP contribution >= 0.6 is 0 Å². The second kappa shape index (κ2) is 8.77. The Kier molecular flexibility index (Phi) is 6.15. The molecule has 7 nitrogen and oxygen atoms in total. The minimum Gasteiger partial charge on any atom is -0.494 e. The van der Waals surface area contributed by atoms with Crippen LogP contribution in [0.1, 0.15) is 27.3 Å². The van der Waals surface area contributed by atoms with E-state index in [9.17, 15) is 14.0 Å². The standard InChI is InChI=1S/C22H22FN3O4/c1-13-5-8-17(9-6-13)26-15(3)21(14(2)25-26)24-20(27)12-30-22(28)16-7-10-19(29-4)18(23)11-16/h5-11H,12H2,1-4H3,(H,24,27). The van der Waals surface area contributed by atoms with Crippen molar-refractivity contribution >= 4 is 17.6 Å². The number of esters is 1. The van der Waals surface area contributed by atoms with Crippen molar-refractivity contribution in [2.75, 3.05) is 19.0 Å². The van der Waals surface area contributed by atoms with Gasteiger partial charge in [-0.3, -0.25) is 4.79 Å². The highest BCUT2D eigenvalue weighted by Gasteiger charge is 2.17. The molecule has 2 aromatic carbocycles. The summed E-state index contributed by atoms with van der Waals surface area (Å²) in [5.41, 5.74) is 3.91. The summed E-state index contributed by atoms with van der Waals surface area (Å²) < 4.78 is 25.3. The van der Waals surface area contributed by atoms with Crippen LogP contribution < -0.4 is 10.1 Å². The van der Waals surface area contributed by atoms with E-state index in [1.54, 1.807) is 11.6 Å². The Morgan fingerprint density at radius 1 is 1.10 bits per heavy atom. The van der Waals surface area contributed by atoms with Crippen molar-refractivity contribution in [2.45, 2.75) is 20.8 Å². The number of nitrogens with one attached hydrogen (secondary N) is 1. The summed E-state index contributed by atoms with van der Waals surface area (Å²) in [6.07, 6.45) is 0. The van der Waals surface area contributed by atoms with Gasteiger partial charge in [0.15, 0.2) is 18.2 Å². The molecule has 3 aromatic rings. The van der Waals surface area contributed by atoms with Crippen molar-refractivity contribution in [3.05, 3.63) is 70.8 Å². The number of halogens is 1. The van der Waals surface area contributed by atoms with Crippen LogP contribution in [0.25, 0.3) is 5.69 Å². The van der Waals surface area contributed by atoms with Crippen LogP contribution in [-0.4, -0.2) is 35.4 Å². The lowest BCUT2D eigenvalue weighted by molar-refractivity contribution is -0.119. The molecule has 1 N–H and O–H groups in total. The summed E-state index contributed by atoms with van der Waals surface area (Å²) in [7, 11) is 1.33. The van der Waals surface area contributed by atoms with Crippen LogP contribution in [0.5, 0.6) is 5.75 Å². The molecule has 3 rings (SSSR count). The van der Waals surface area contributed by atoms with E-state index < -0.39 is 24.3 Å². The molecule has 0 aliphatic rings. The lowest BCUT2D eigenvalue weighted by atomic mass is 10.2. The normalized spacial score (nSPS) is 10.6. The van der Waals surface area contributed by atoms with E-state index in [2.05, 4.69) is 10.4 Å². The molecule has 0 saturated carbocycles. The predicted molar refractivity (Wildman–Crippen MR) is 110 cm³/mol. The zero-order chi connectivity index (χ0) is 21.8. The molecule has 0 atom stereocenters. The third-order valence-corrected chi connectivity index (χ3v) is 4.56. The number of rotatable bonds is 6. The lowest BCUT2D eigenvalue weighted by Gasteiger charge is -2.09. The molecule has 0 bridgehead atoms. The maximum absolute atomic E-state index is 13.7. The van der Waals surface area contributed by atoms with E-state index in [1.807, 2.05) is 38.1 Å². The Hall–Kier alpha value is -3.68. The Bertz CT molecular complexity index is 1090. The number of carbonyl (C=O) groups excluding carboxylic acids is 2. The summed E-state index contributed by atoms with van der Waals surface area (Å²) in [6, 6.07) is 11.5. The van der Waals surface area contributed by atoms with Gasteiger partial charge >= 0.3 is 5.97 Å². The smallest absolute Gasteiger partial charge is 0.338 e. The molecular formula is C22H22FN3O4. The van der Waals surface area contributed by atoms with E-state index in [0.717, 1.165) is 23.0 Å². The van der Waals surface area contributed by atoms with Gasteiger partial charge < -0.3 is 14.8 Å². The summed E-state index contributed by atoms with van der Waals surface area (Å²) in [5, 5.41) is 7.20. The summed E-state index contributed by atoms with van der Waals surface area (Å²) in [6.45, 7) is 5.10. The van der Waals surface area contributed by atoms with Crippen LogP contribution in [-0.2, 0) is 9.53 Å². The van der Waals surface area contributed by atoms with Crippen molar-refractivity contribution in [3.63, 3.8) is 0 Å². The average molecular weight is 411 g/mol. The molecule has 0 fully saturated rings. The number of hydrogen-bond donors (Lipinski definition) is 1. The van der Waals surface area contributed by atoms with Gasteiger partial charge in [-0.2, -0.15) is 5.10 Å². The first kappa shape index (κ1) is 21.0. The highest BCUT2D eigenvalue weighted by Crippen LogP contribution is 2.23. The Morgan fingerprint density at radius 3 is 2.43 bits per heavy atom. The molecule has 1 amide bonds. The number of amides is 1. The van der Waals surface area contributed by atoms with E-state index in [1.165, 1.54) is 19.2 Å². The first-order chi connectivity index (χ1) is 14.3. The Labute approximate surface area is 173 Å². The number of anilines is 1. The minimum absolute atomic E-state index is 0.0133. The minimum atomic E-state index is -0.810. The summed E-state index contributed by atoms with van der Waals surface area (Å²) in [5.74, 6) is -2.01. The monoisotopic (exact) mass is 411 g/mol. The molecule has 1 aromatic heterocycles. The number of hydrogen-bond acceptors (Lipinski definition) is 5. The van der Waals surface area contributed by atoms with Crippen LogP contribution in [0.4, 0.5) is 10.1 Å². The Morgan fingerprint density at radius 2 is 1.80 bits per heavy atom. The van der Waals surface area contributed by atoms with Crippen LogP contribution in [0.15, 0.2) is 42.5 Å². The maximum Gasteiger partial charge on any atom is 0.338 e. The van der Waals surface area contributed by atoms with Gasteiger partial charge in [-0.1, -0.05) is 17.7 Å². The number of aromatic nitrogens is 2. The highest BCUT2D eigenvalue weighted by molar-refractivity contribution is 5.96. The molecule has 156 valence electrons. The molecule has 0 aliphatic carbocycles. The molecule has 0 saturated heterocycles. The number of methoxy groups -OCH3 is 1. The van der Waals surface area contributed by atoms with E-state index in [0.29, 0.717) is 11.4 Å². The first-order valence-electron chi connectivity index (χ1n) is 9.24. The van der Waals surface area contributed by atoms with E-state index in [-0.39, 0.29) is 11.3 Å². The van der Waals surface area contributed by atoms with E-state index >= 15 is 0 Å². The molecule has 1 heterocycles. The largest absolute Gasteiger partial charge is 0.494 e. The van der Waals surface area contributed by atoms with Gasteiger partial charge in [0, 0.05) is 0 Å². The number of nitrogens with zero attached hydrogens (tertiary/aromatic N) is 2. The molecule has 0 aliphatic heterocycles. The van der Waals surface area contributed by atoms with Crippen molar-refractivity contribution in [1.82, 2.24) is 9.78 Å². The van der Waals surface area contributed by atoms with Crippen LogP contribution in [0.2, 0.25) is 0 Å². The molecule has 0 radical (unpaired) electrons. The van der Waals surface area contributed by atoms with Crippen molar-refractivity contribution in [2.24, 2.45) is 0 Å². The van der Waals surface area contributed by atoms with Gasteiger partial charge in [-0.15, -0.1) is 0 Å². The second-order valence-corrected chi connectivity index (χ2v) is 6.77. The van der Waals surface area contributed by atoms with Crippen molar-refractivity contribution in [1.29, 1.82) is 0 Å². The highest BCUT2D eigenvalue weighted by atomic mass is 19.1. The van der Waals surface area contributed by atoms with Gasteiger partial charge in [0.25, 0.3) is 5.91 Å². The molecular weight excluding hydrogens is 389 g/mol. The number of benzene rings is 2. The zero-order valence-electron chi connectivity index (χ0n) is 17.2. The van der Waals surface area contributed by atoms with Gasteiger partial charge in [-0.05, 0) is 51.1 Å². The van der Waals surface area contributed by atoms with Crippen molar-refractivity contribution < 1.29 is 23.5 Å². The number of carbonyl (C=O) groups is 2. The summed E-state index contributed by atoms with van der Waals surface area (Å²) in [4.78, 5) is 24.4. The van der Waals surface area contributed by atoms with Crippen LogP contribution in [0, 0.1) is 26.6 Å². The zero-order valence-corrected chi connectivity index (χ0v) is 17.2. The summed E-state index contributed by atoms with van der Waals surface area (Å²) >= 11 is 0. The molecule has 0 spiro atoms. The fourth-order valence-electron chi connectivity index (χ4n) is 2.94. The lowest BCUT2D eigenvalue weighted by Crippen LogP contribution is -2.21. The average Bonchev–Trinajstić information content (AvgIpc) is 3.00. The molecule has 30 heavy (non-hydrogen) atoms. The third kappa shape index (κ3) is 4.48. The van der Waals surface area contributed by atoms with Crippen molar-refractivity contribution in [3.8, 4) is 11.4 Å². The van der Waals surface area contributed by atoms with Gasteiger partial charge in [0.1, 0.15) is 0 Å². The first-order valence-corrected chi connectivity index (χ1v) is 9.24. The quantitative estimate of drug-likeness (QED) is 0.625. The predicted octanol–water partition coefficient (Wildman–Crippen LogP) is 3.74. The van der Waals surface area contributed by atoms with Gasteiger partial charge in [0.05, 0.1) is 35.4 Å². The third-order valence-electron chi connectivity index (χ3n) is 4.56. The molecule has 0 unspecified atom stereocenters. The number of aryl methyl sites for hydroxylation is 2. The fourth-order valence-corrected chi connectivity index (χ4v) is 2.94. The fraction of sp³-hybridized carbons (Fsp3) is 0.227.